The van der Waals surface area contributed by atoms with Gasteiger partial charge in [0.25, 0.3) is 0 Å². The zero-order valence-corrected chi connectivity index (χ0v) is 6.89. The molecule has 0 aliphatic carbocycles. The molecule has 56 valence electrons. The van der Waals surface area contributed by atoms with Crippen molar-refractivity contribution in [1.82, 2.24) is 0 Å². The van der Waals surface area contributed by atoms with E-state index >= 15 is 0 Å². The van der Waals surface area contributed by atoms with Gasteiger partial charge in [0.05, 0.1) is 4.47 Å². The molecule has 0 fully saturated rings. The molecular weight excluding hydrogens is 213 g/mol. The third-order valence-corrected chi connectivity index (χ3v) is 1.80. The maximum Gasteiger partial charge on any atom is 0.158 e. The van der Waals surface area contributed by atoms with Crippen molar-refractivity contribution in [2.45, 2.75) is 0 Å². The highest BCUT2D eigenvalue weighted by Crippen LogP contribution is 2.25. The molecule has 11 heavy (non-hydrogen) atoms. The molecule has 1 N–H and O–H groups in total. The molecule has 2 nitrogen and oxygen atoms in total. The molecule has 0 bridgehead atoms. The minimum absolute atomic E-state index is 0.173. The molecule has 0 aliphatic rings. The van der Waals surface area contributed by atoms with E-state index in [1.807, 2.05) is 0 Å². The molecule has 1 aromatic rings. The number of nitriles is 1. The first kappa shape index (κ1) is 8.02. The van der Waals surface area contributed by atoms with Crippen molar-refractivity contribution in [3.05, 3.63) is 28.0 Å². The van der Waals surface area contributed by atoms with Gasteiger partial charge >= 0.3 is 0 Å². The summed E-state index contributed by atoms with van der Waals surface area (Å²) in [5.74, 6) is -1.07. The van der Waals surface area contributed by atoms with Gasteiger partial charge in [0.2, 0.25) is 0 Å². The van der Waals surface area contributed by atoms with E-state index in [1.165, 1.54) is 12.1 Å². The summed E-state index contributed by atoms with van der Waals surface area (Å²) in [6, 6.07) is 4.14. The Balaban J connectivity index is 3.44. The van der Waals surface area contributed by atoms with Gasteiger partial charge in [-0.25, -0.2) is 4.39 Å². The summed E-state index contributed by atoms with van der Waals surface area (Å²) in [7, 11) is 0. The van der Waals surface area contributed by atoms with Crippen LogP contribution in [0.25, 0.3) is 0 Å². The molecule has 0 heterocycles. The summed E-state index contributed by atoms with van der Waals surface area (Å²) in [6.07, 6.45) is 0. The van der Waals surface area contributed by atoms with Gasteiger partial charge in [0, 0.05) is 0 Å². The molecule has 0 spiro atoms. The second-order valence-electron chi connectivity index (χ2n) is 1.87. The molecule has 0 aliphatic heterocycles. The van der Waals surface area contributed by atoms with Crippen LogP contribution in [0.5, 0.6) is 5.75 Å². The number of nitrogens with zero attached hydrogens (tertiary/aromatic N) is 1. The van der Waals surface area contributed by atoms with Crippen LogP contribution in [-0.4, -0.2) is 5.11 Å². The third-order valence-electron chi connectivity index (χ3n) is 1.18. The van der Waals surface area contributed by atoms with Crippen molar-refractivity contribution in [3.63, 3.8) is 0 Å². The quantitative estimate of drug-likeness (QED) is 0.722. The van der Waals surface area contributed by atoms with E-state index < -0.39 is 5.82 Å². The van der Waals surface area contributed by atoms with Crippen LogP contribution in [0.1, 0.15) is 5.56 Å². The number of halogens is 2. The van der Waals surface area contributed by atoms with Crippen molar-refractivity contribution in [1.29, 1.82) is 5.26 Å². The summed E-state index contributed by atoms with van der Waals surface area (Å²) in [5.41, 5.74) is -0.334. The predicted molar refractivity (Wildman–Crippen MR) is 40.5 cm³/mol. The predicted octanol–water partition coefficient (Wildman–Crippen LogP) is 2.17. The van der Waals surface area contributed by atoms with E-state index in [0.717, 1.165) is 0 Å². The summed E-state index contributed by atoms with van der Waals surface area (Å²) >= 11 is 2.88. The van der Waals surface area contributed by atoms with Crippen molar-refractivity contribution >= 4 is 15.9 Å². The van der Waals surface area contributed by atoms with Crippen LogP contribution < -0.4 is 0 Å². The molecule has 1 rings (SSSR count). The largest absolute Gasteiger partial charge is 0.506 e. The molecular formula is C7H3BrFNO. The highest BCUT2D eigenvalue weighted by atomic mass is 79.9. The highest BCUT2D eigenvalue weighted by Gasteiger charge is 2.09. The summed E-state index contributed by atoms with van der Waals surface area (Å²) < 4.78 is 13.0. The van der Waals surface area contributed by atoms with Gasteiger partial charge in [-0.2, -0.15) is 5.26 Å². The summed E-state index contributed by atoms with van der Waals surface area (Å²) in [5, 5.41) is 17.3. The van der Waals surface area contributed by atoms with Gasteiger partial charge in [0.1, 0.15) is 17.4 Å². The van der Waals surface area contributed by atoms with Gasteiger partial charge in [0.15, 0.2) is 5.82 Å². The van der Waals surface area contributed by atoms with E-state index in [-0.39, 0.29) is 15.8 Å². The molecule has 0 aromatic heterocycles. The Hall–Kier alpha value is -1.08. The lowest BCUT2D eigenvalue weighted by Crippen LogP contribution is -1.85. The van der Waals surface area contributed by atoms with Crippen molar-refractivity contribution < 1.29 is 9.50 Å². The van der Waals surface area contributed by atoms with Crippen LogP contribution in [0, 0.1) is 17.1 Å². The minimum atomic E-state index is -0.729. The first-order chi connectivity index (χ1) is 5.16. The van der Waals surface area contributed by atoms with Gasteiger partial charge in [-0.1, -0.05) is 0 Å². The highest BCUT2D eigenvalue weighted by molar-refractivity contribution is 9.10. The number of phenolic OH excluding ortho intramolecular Hbond substituents is 1. The van der Waals surface area contributed by atoms with E-state index in [9.17, 15) is 4.39 Å². The maximum atomic E-state index is 12.8. The minimum Gasteiger partial charge on any atom is -0.506 e. The number of hydrogen-bond donors (Lipinski definition) is 1. The Kier molecular flexibility index (Phi) is 2.11. The Labute approximate surface area is 71.0 Å². The molecule has 0 saturated carbocycles. The molecule has 0 atom stereocenters. The summed E-state index contributed by atoms with van der Waals surface area (Å²) in [4.78, 5) is 0. The van der Waals surface area contributed by atoms with Crippen LogP contribution in [0.2, 0.25) is 0 Å². The van der Waals surface area contributed by atoms with E-state index in [0.29, 0.717) is 0 Å². The Morgan fingerprint density at radius 1 is 1.55 bits per heavy atom. The number of benzene rings is 1. The van der Waals surface area contributed by atoms with Crippen LogP contribution in [0.4, 0.5) is 4.39 Å². The van der Waals surface area contributed by atoms with Gasteiger partial charge in [-0.15, -0.1) is 0 Å². The van der Waals surface area contributed by atoms with Crippen LogP contribution >= 0.6 is 15.9 Å². The number of phenols is 1. The second-order valence-corrected chi connectivity index (χ2v) is 2.72. The monoisotopic (exact) mass is 215 g/mol. The fourth-order valence-corrected chi connectivity index (χ4v) is 0.977. The van der Waals surface area contributed by atoms with E-state index in [1.54, 1.807) is 6.07 Å². The van der Waals surface area contributed by atoms with Gasteiger partial charge < -0.3 is 5.11 Å². The average molecular weight is 216 g/mol. The number of hydrogen-bond acceptors (Lipinski definition) is 2. The normalized spacial score (nSPS) is 9.18. The lowest BCUT2D eigenvalue weighted by Gasteiger charge is -1.97. The lowest BCUT2D eigenvalue weighted by atomic mass is 10.2. The summed E-state index contributed by atoms with van der Waals surface area (Å²) in [6.45, 7) is 0. The van der Waals surface area contributed by atoms with Crippen molar-refractivity contribution in [3.8, 4) is 11.8 Å². The Bertz CT molecular complexity index is 332. The molecule has 0 saturated heterocycles. The molecule has 0 unspecified atom stereocenters. The zero-order chi connectivity index (χ0) is 8.43. The fourth-order valence-electron chi connectivity index (χ4n) is 0.647. The van der Waals surface area contributed by atoms with Gasteiger partial charge in [-0.05, 0) is 28.1 Å². The van der Waals surface area contributed by atoms with Crippen molar-refractivity contribution in [2.75, 3.05) is 0 Å². The Morgan fingerprint density at radius 2 is 2.18 bits per heavy atom. The SMILES string of the molecule is N#Cc1c(O)ccc(Br)c1F. The van der Waals surface area contributed by atoms with Crippen molar-refractivity contribution in [2.24, 2.45) is 0 Å². The van der Waals surface area contributed by atoms with Crippen LogP contribution in [0.15, 0.2) is 16.6 Å². The smallest absolute Gasteiger partial charge is 0.158 e. The van der Waals surface area contributed by atoms with Gasteiger partial charge in [-0.3, -0.25) is 0 Å². The molecule has 4 heteroatoms. The molecule has 0 amide bonds. The van der Waals surface area contributed by atoms with E-state index in [4.69, 9.17) is 10.4 Å². The first-order valence-electron chi connectivity index (χ1n) is 2.74. The Morgan fingerprint density at radius 3 is 2.64 bits per heavy atom. The van der Waals surface area contributed by atoms with Crippen LogP contribution in [-0.2, 0) is 0 Å². The third kappa shape index (κ3) is 1.33. The van der Waals surface area contributed by atoms with E-state index in [2.05, 4.69) is 15.9 Å². The lowest BCUT2D eigenvalue weighted by molar-refractivity contribution is 0.466. The molecule has 1 aromatic carbocycles. The number of aromatic hydroxyl groups is 1. The maximum absolute atomic E-state index is 12.8. The van der Waals surface area contributed by atoms with Crippen LogP contribution in [0.3, 0.4) is 0 Å². The molecule has 0 radical (unpaired) electrons. The zero-order valence-electron chi connectivity index (χ0n) is 5.31. The second kappa shape index (κ2) is 2.89. The fraction of sp³-hybridized carbons (Fsp3) is 0. The topological polar surface area (TPSA) is 44.0 Å². The average Bonchev–Trinajstić information content (AvgIpc) is 1.99. The number of rotatable bonds is 0. The standard InChI is InChI=1S/C7H3BrFNO/c8-5-1-2-6(11)4(3-10)7(5)9/h1-2,11H. The first-order valence-corrected chi connectivity index (χ1v) is 3.53.